The molecule has 0 saturated heterocycles. The van der Waals surface area contributed by atoms with Crippen molar-refractivity contribution in [2.24, 2.45) is 0 Å². The van der Waals surface area contributed by atoms with Crippen molar-refractivity contribution < 1.29 is 32.1 Å². The predicted octanol–water partition coefficient (Wildman–Crippen LogP) is 0.0616. The van der Waals surface area contributed by atoms with Gasteiger partial charge >= 0.3 is 17.1 Å². The molecule has 0 spiro atoms. The second kappa shape index (κ2) is 4.14. The molecule has 0 amide bonds. The van der Waals surface area contributed by atoms with Crippen LogP contribution < -0.4 is 5.11 Å². The summed E-state index contributed by atoms with van der Waals surface area (Å²) in [5.41, 5.74) is 0.372. The third kappa shape index (κ3) is 2.00. The van der Waals surface area contributed by atoms with Crippen molar-refractivity contribution in [1.29, 1.82) is 0 Å². The molecular weight excluding hydrogens is 208 g/mol. The standard InChI is InChI=1S/C8H8O3.Cu/c1-5-3-2-4-6(7(5)9)8(10)11;/h2-4,9H,1H3,(H,10,11);/q;+1/p-1. The molecule has 1 aromatic rings. The molecule has 1 aromatic carbocycles. The summed E-state index contributed by atoms with van der Waals surface area (Å²) in [5.74, 6) is -1.57. The van der Waals surface area contributed by atoms with E-state index in [4.69, 9.17) is 5.11 Å². The molecule has 0 unspecified atom stereocenters. The number of carboxylic acid groups (broad SMARTS) is 1. The summed E-state index contributed by atoms with van der Waals surface area (Å²) in [6.07, 6.45) is 0. The maximum Gasteiger partial charge on any atom is 1.00 e. The van der Waals surface area contributed by atoms with Crippen molar-refractivity contribution in [3.63, 3.8) is 0 Å². The molecule has 3 nitrogen and oxygen atoms in total. The summed E-state index contributed by atoms with van der Waals surface area (Å²) >= 11 is 0. The number of hydrogen-bond acceptors (Lipinski definition) is 3. The van der Waals surface area contributed by atoms with Gasteiger partial charge in [-0.2, -0.15) is 0 Å². The van der Waals surface area contributed by atoms with E-state index in [9.17, 15) is 9.90 Å². The molecule has 0 radical (unpaired) electrons. The van der Waals surface area contributed by atoms with Crippen molar-refractivity contribution in [2.75, 3.05) is 0 Å². The maximum atomic E-state index is 10.3. The Balaban J connectivity index is 0.00000121. The zero-order valence-corrected chi connectivity index (χ0v) is 7.24. The first-order valence-electron chi connectivity index (χ1n) is 3.13. The van der Waals surface area contributed by atoms with Crippen LogP contribution >= 0.6 is 0 Å². The van der Waals surface area contributed by atoms with Gasteiger partial charge in [0.1, 0.15) is 5.75 Å². The Hall–Kier alpha value is -0.991. The van der Waals surface area contributed by atoms with Crippen molar-refractivity contribution in [1.82, 2.24) is 0 Å². The molecule has 0 aliphatic carbocycles. The molecule has 0 bridgehead atoms. The average molecular weight is 215 g/mol. The normalized spacial score (nSPS) is 8.75. The molecule has 1 N–H and O–H groups in total. The third-order valence-electron chi connectivity index (χ3n) is 1.46. The molecule has 0 aromatic heterocycles. The molecule has 0 saturated carbocycles. The van der Waals surface area contributed by atoms with Gasteiger partial charge in [-0.15, -0.1) is 0 Å². The van der Waals surface area contributed by atoms with Gasteiger partial charge in [-0.1, -0.05) is 12.1 Å². The number of benzene rings is 1. The molecule has 0 heterocycles. The fraction of sp³-hybridized carbons (Fsp3) is 0.125. The number of aromatic carboxylic acids is 1. The molecule has 0 aliphatic heterocycles. The number of carbonyl (C=O) groups excluding carboxylic acids is 1. The van der Waals surface area contributed by atoms with Crippen LogP contribution in [0.25, 0.3) is 0 Å². The van der Waals surface area contributed by atoms with Crippen LogP contribution in [0.5, 0.6) is 5.75 Å². The quantitative estimate of drug-likeness (QED) is 0.673. The fourth-order valence-electron chi connectivity index (χ4n) is 0.824. The van der Waals surface area contributed by atoms with Crippen molar-refractivity contribution in [2.45, 2.75) is 6.92 Å². The van der Waals surface area contributed by atoms with Crippen LogP contribution in [0.3, 0.4) is 0 Å². The summed E-state index contributed by atoms with van der Waals surface area (Å²) in [6, 6.07) is 4.49. The van der Waals surface area contributed by atoms with Gasteiger partial charge in [-0.05, 0) is 18.6 Å². The zero-order valence-electron chi connectivity index (χ0n) is 6.30. The van der Waals surface area contributed by atoms with E-state index in [1.54, 1.807) is 19.1 Å². The molecular formula is C8H7CuO3. The van der Waals surface area contributed by atoms with Crippen molar-refractivity contribution in [3.05, 3.63) is 29.3 Å². The Bertz CT molecular complexity index is 296. The fourth-order valence-corrected chi connectivity index (χ4v) is 0.824. The van der Waals surface area contributed by atoms with Crippen LogP contribution in [-0.2, 0) is 17.1 Å². The number of rotatable bonds is 1. The predicted molar refractivity (Wildman–Crippen MR) is 37.2 cm³/mol. The second-order valence-electron chi connectivity index (χ2n) is 2.26. The number of carbonyl (C=O) groups is 1. The number of phenols is 1. The van der Waals surface area contributed by atoms with Crippen LogP contribution in [0, 0.1) is 6.92 Å². The van der Waals surface area contributed by atoms with E-state index < -0.39 is 5.97 Å². The van der Waals surface area contributed by atoms with Crippen molar-refractivity contribution >= 4 is 5.97 Å². The minimum absolute atomic E-state index is 0. The number of aromatic hydroxyl groups is 1. The third-order valence-corrected chi connectivity index (χ3v) is 1.46. The van der Waals surface area contributed by atoms with Crippen molar-refractivity contribution in [3.8, 4) is 5.75 Å². The summed E-state index contributed by atoms with van der Waals surface area (Å²) in [4.78, 5) is 10.3. The zero-order chi connectivity index (χ0) is 8.43. The summed E-state index contributed by atoms with van der Waals surface area (Å²) in [5, 5.41) is 19.4. The van der Waals surface area contributed by atoms with E-state index >= 15 is 0 Å². The molecule has 12 heavy (non-hydrogen) atoms. The Morgan fingerprint density at radius 3 is 2.50 bits per heavy atom. The monoisotopic (exact) mass is 214 g/mol. The van der Waals surface area contributed by atoms with Gasteiger partial charge in [0.2, 0.25) is 0 Å². The first-order chi connectivity index (χ1) is 5.13. The van der Waals surface area contributed by atoms with Crippen LogP contribution in [0.1, 0.15) is 15.9 Å². The smallest absolute Gasteiger partial charge is 0.545 e. The Morgan fingerprint density at radius 1 is 1.50 bits per heavy atom. The van der Waals surface area contributed by atoms with E-state index in [-0.39, 0.29) is 28.4 Å². The summed E-state index contributed by atoms with van der Waals surface area (Å²) in [6.45, 7) is 1.63. The van der Waals surface area contributed by atoms with E-state index in [1.807, 2.05) is 0 Å². The first-order valence-corrected chi connectivity index (χ1v) is 3.13. The minimum Gasteiger partial charge on any atom is -0.545 e. The van der Waals surface area contributed by atoms with E-state index in [0.717, 1.165) is 0 Å². The molecule has 0 atom stereocenters. The molecule has 1 rings (SSSR count). The van der Waals surface area contributed by atoms with Crippen LogP contribution in [0.2, 0.25) is 0 Å². The molecule has 0 aliphatic rings. The van der Waals surface area contributed by atoms with E-state index in [0.29, 0.717) is 5.56 Å². The number of carboxylic acids is 1. The largest absolute Gasteiger partial charge is 1.00 e. The topological polar surface area (TPSA) is 60.4 Å². The van der Waals surface area contributed by atoms with Crippen LogP contribution in [0.15, 0.2) is 18.2 Å². The molecule has 0 fully saturated rings. The van der Waals surface area contributed by atoms with Gasteiger partial charge in [0.05, 0.1) is 5.97 Å². The maximum absolute atomic E-state index is 10.3. The van der Waals surface area contributed by atoms with Gasteiger partial charge < -0.3 is 15.0 Å². The van der Waals surface area contributed by atoms with Crippen LogP contribution in [0.4, 0.5) is 0 Å². The summed E-state index contributed by atoms with van der Waals surface area (Å²) < 4.78 is 0. The van der Waals surface area contributed by atoms with Gasteiger partial charge in [0.15, 0.2) is 0 Å². The number of aryl methyl sites for hydroxylation is 1. The second-order valence-corrected chi connectivity index (χ2v) is 2.26. The average Bonchev–Trinajstić information content (AvgIpc) is 1.94. The van der Waals surface area contributed by atoms with Gasteiger partial charge in [0.25, 0.3) is 0 Å². The SMILES string of the molecule is Cc1cccc(C(=O)[O-])c1O.[Cu+]. The Labute approximate surface area is 80.5 Å². The van der Waals surface area contributed by atoms with Gasteiger partial charge in [-0.25, -0.2) is 0 Å². The molecule has 4 heteroatoms. The molecule has 68 valence electrons. The van der Waals surface area contributed by atoms with E-state index in [1.165, 1.54) is 6.07 Å². The summed E-state index contributed by atoms with van der Waals surface area (Å²) in [7, 11) is 0. The Morgan fingerprint density at radius 2 is 2.08 bits per heavy atom. The van der Waals surface area contributed by atoms with Gasteiger partial charge in [-0.3, -0.25) is 0 Å². The number of para-hydroxylation sites is 1. The van der Waals surface area contributed by atoms with Gasteiger partial charge in [0, 0.05) is 5.56 Å². The minimum atomic E-state index is -1.36. The van der Waals surface area contributed by atoms with E-state index in [2.05, 4.69) is 0 Å². The first kappa shape index (κ1) is 11.0. The number of hydrogen-bond donors (Lipinski definition) is 1. The Kier molecular flexibility index (Phi) is 3.80. The van der Waals surface area contributed by atoms with Crippen LogP contribution in [-0.4, -0.2) is 11.1 Å².